The van der Waals surface area contributed by atoms with Crippen molar-refractivity contribution in [3.8, 4) is 11.5 Å². The lowest BCUT2D eigenvalue weighted by Gasteiger charge is -2.32. The summed E-state index contributed by atoms with van der Waals surface area (Å²) in [6.45, 7) is 5.67. The van der Waals surface area contributed by atoms with Gasteiger partial charge in [0.1, 0.15) is 24.1 Å². The number of hydrogen-bond donors (Lipinski definition) is 1. The molecular formula is C34H36BrN3O5S. The Morgan fingerprint density at radius 3 is 1.95 bits per heavy atom. The molecular weight excluding hydrogens is 642 g/mol. The van der Waals surface area contributed by atoms with E-state index in [9.17, 15) is 18.0 Å². The van der Waals surface area contributed by atoms with Gasteiger partial charge in [0.05, 0.1) is 10.6 Å². The number of hydrogen-bond acceptors (Lipinski definition) is 5. The summed E-state index contributed by atoms with van der Waals surface area (Å²) in [5.74, 6) is 0.531. The maximum absolute atomic E-state index is 14.1. The molecule has 0 saturated heterocycles. The Morgan fingerprint density at radius 2 is 1.36 bits per heavy atom. The lowest BCUT2D eigenvalue weighted by atomic mass is 10.1. The van der Waals surface area contributed by atoms with Crippen molar-refractivity contribution in [3.63, 3.8) is 0 Å². The number of ether oxygens (including phenoxy) is 1. The van der Waals surface area contributed by atoms with Crippen LogP contribution in [0.2, 0.25) is 0 Å². The van der Waals surface area contributed by atoms with Crippen LogP contribution >= 0.6 is 15.9 Å². The van der Waals surface area contributed by atoms with Gasteiger partial charge in [-0.1, -0.05) is 78.3 Å². The molecule has 0 bridgehead atoms. The van der Waals surface area contributed by atoms with Crippen molar-refractivity contribution in [2.24, 2.45) is 5.92 Å². The van der Waals surface area contributed by atoms with Crippen LogP contribution < -0.4 is 14.4 Å². The highest BCUT2D eigenvalue weighted by Gasteiger charge is 2.32. The number of amides is 2. The molecule has 4 aromatic carbocycles. The van der Waals surface area contributed by atoms with Crippen molar-refractivity contribution in [3.05, 3.63) is 119 Å². The van der Waals surface area contributed by atoms with Gasteiger partial charge < -0.3 is 15.0 Å². The quantitative estimate of drug-likeness (QED) is 0.171. The average molecular weight is 679 g/mol. The first-order valence-electron chi connectivity index (χ1n) is 14.3. The van der Waals surface area contributed by atoms with E-state index in [1.165, 1.54) is 17.0 Å². The summed E-state index contributed by atoms with van der Waals surface area (Å²) >= 11 is 3.43. The molecule has 4 rings (SSSR count). The van der Waals surface area contributed by atoms with Crippen molar-refractivity contribution in [1.82, 2.24) is 10.2 Å². The van der Waals surface area contributed by atoms with Gasteiger partial charge in [0.15, 0.2) is 0 Å². The Labute approximate surface area is 267 Å². The van der Waals surface area contributed by atoms with Crippen LogP contribution in [0.3, 0.4) is 0 Å². The summed E-state index contributed by atoms with van der Waals surface area (Å²) in [5, 5.41) is 2.89. The van der Waals surface area contributed by atoms with Gasteiger partial charge in [-0.05, 0) is 79.1 Å². The van der Waals surface area contributed by atoms with E-state index in [4.69, 9.17) is 4.74 Å². The molecule has 10 heteroatoms. The number of sulfonamides is 1. The van der Waals surface area contributed by atoms with Crippen molar-refractivity contribution in [2.45, 2.75) is 38.3 Å². The van der Waals surface area contributed by atoms with E-state index >= 15 is 0 Å². The van der Waals surface area contributed by atoms with Crippen LogP contribution in [0.25, 0.3) is 0 Å². The fourth-order valence-electron chi connectivity index (χ4n) is 4.38. The van der Waals surface area contributed by atoms with E-state index in [1.54, 1.807) is 49.4 Å². The zero-order valence-corrected chi connectivity index (χ0v) is 27.3. The third-order valence-electron chi connectivity index (χ3n) is 6.83. The molecule has 0 unspecified atom stereocenters. The van der Waals surface area contributed by atoms with Crippen molar-refractivity contribution in [2.75, 3.05) is 17.4 Å². The summed E-state index contributed by atoms with van der Waals surface area (Å²) in [7, 11) is -4.16. The number of rotatable bonds is 13. The highest BCUT2D eigenvalue weighted by atomic mass is 79.9. The summed E-state index contributed by atoms with van der Waals surface area (Å²) in [6.07, 6.45) is 0. The maximum atomic E-state index is 14.1. The van der Waals surface area contributed by atoms with Crippen LogP contribution in [0.4, 0.5) is 5.69 Å². The second-order valence-corrected chi connectivity index (χ2v) is 13.5. The SMILES string of the molecule is CC(C)CNC(=O)[C@@H](C)N(Cc1ccc(Br)cc1)C(=O)CN(c1ccc(Oc2ccccc2)cc1)S(=O)(=O)c1ccccc1. The topological polar surface area (TPSA) is 96.0 Å². The van der Waals surface area contributed by atoms with E-state index in [0.29, 0.717) is 18.0 Å². The molecule has 0 aliphatic carbocycles. The normalized spacial score (nSPS) is 11.9. The molecule has 0 radical (unpaired) electrons. The number of carbonyl (C=O) groups is 2. The first kappa shape index (κ1) is 32.8. The summed E-state index contributed by atoms with van der Waals surface area (Å²) in [5.41, 5.74) is 1.08. The third-order valence-corrected chi connectivity index (χ3v) is 9.15. The fraction of sp³-hybridized carbons (Fsp3) is 0.235. The number of nitrogens with one attached hydrogen (secondary N) is 1. The summed E-state index contributed by atoms with van der Waals surface area (Å²) < 4.78 is 35.8. The monoisotopic (exact) mass is 677 g/mol. The van der Waals surface area contributed by atoms with E-state index in [1.807, 2.05) is 68.4 Å². The van der Waals surface area contributed by atoms with Gasteiger partial charge in [-0.2, -0.15) is 0 Å². The number of anilines is 1. The summed E-state index contributed by atoms with van der Waals surface area (Å²) in [4.78, 5) is 28.7. The van der Waals surface area contributed by atoms with Crippen LogP contribution in [0, 0.1) is 5.92 Å². The molecule has 0 aliphatic rings. The zero-order valence-electron chi connectivity index (χ0n) is 24.9. The average Bonchev–Trinajstić information content (AvgIpc) is 3.03. The van der Waals surface area contributed by atoms with Gasteiger partial charge in [-0.3, -0.25) is 13.9 Å². The predicted molar refractivity (Wildman–Crippen MR) is 176 cm³/mol. The Morgan fingerprint density at radius 1 is 0.795 bits per heavy atom. The largest absolute Gasteiger partial charge is 0.457 e. The molecule has 1 atom stereocenters. The number of halogens is 1. The van der Waals surface area contributed by atoms with Crippen LogP contribution in [0.1, 0.15) is 26.3 Å². The van der Waals surface area contributed by atoms with Crippen molar-refractivity contribution < 1.29 is 22.7 Å². The maximum Gasteiger partial charge on any atom is 0.264 e. The molecule has 0 fully saturated rings. The predicted octanol–water partition coefficient (Wildman–Crippen LogP) is 6.63. The van der Waals surface area contributed by atoms with Crippen molar-refractivity contribution in [1.29, 1.82) is 0 Å². The van der Waals surface area contributed by atoms with Gasteiger partial charge in [0.25, 0.3) is 10.0 Å². The minimum atomic E-state index is -4.16. The van der Waals surface area contributed by atoms with E-state index in [2.05, 4.69) is 21.2 Å². The molecule has 44 heavy (non-hydrogen) atoms. The first-order valence-corrected chi connectivity index (χ1v) is 16.5. The van der Waals surface area contributed by atoms with Crippen molar-refractivity contribution >= 4 is 43.5 Å². The van der Waals surface area contributed by atoms with Crippen LogP contribution in [-0.4, -0.2) is 44.3 Å². The third kappa shape index (κ3) is 8.70. The molecule has 0 heterocycles. The van der Waals surface area contributed by atoms with E-state index in [-0.39, 0.29) is 29.0 Å². The number of nitrogens with zero attached hydrogens (tertiary/aromatic N) is 2. The second kappa shape index (κ2) is 15.0. The molecule has 8 nitrogen and oxygen atoms in total. The molecule has 1 N–H and O–H groups in total. The van der Waals surface area contributed by atoms with Crippen LogP contribution in [0.15, 0.2) is 119 Å². The molecule has 2 amide bonds. The molecule has 0 aliphatic heterocycles. The molecule has 0 aromatic heterocycles. The smallest absolute Gasteiger partial charge is 0.264 e. The standard InChI is InChI=1S/C34H36BrN3O5S/c1-25(2)22-36-34(40)26(3)37(23-27-14-16-28(35)17-15-27)33(39)24-38(44(41,42)32-12-8-5-9-13-32)29-18-20-31(21-19-29)43-30-10-6-4-7-11-30/h4-21,25-26H,22-24H2,1-3H3,(H,36,40)/t26-/m1/s1. The summed E-state index contributed by atoms with van der Waals surface area (Å²) in [6, 6.07) is 30.3. The van der Waals surface area contributed by atoms with Gasteiger partial charge >= 0.3 is 0 Å². The number of carbonyl (C=O) groups excluding carboxylic acids is 2. The Bertz CT molecular complexity index is 1630. The van der Waals surface area contributed by atoms with Crippen LogP contribution in [-0.2, 0) is 26.2 Å². The minimum absolute atomic E-state index is 0.0413. The van der Waals surface area contributed by atoms with E-state index < -0.39 is 28.5 Å². The Balaban J connectivity index is 1.67. The molecule has 230 valence electrons. The molecule has 0 spiro atoms. The lowest BCUT2D eigenvalue weighted by Crippen LogP contribution is -2.51. The zero-order chi connectivity index (χ0) is 31.7. The highest BCUT2D eigenvalue weighted by molar-refractivity contribution is 9.10. The number of benzene rings is 4. The number of para-hydroxylation sites is 1. The highest BCUT2D eigenvalue weighted by Crippen LogP contribution is 2.28. The minimum Gasteiger partial charge on any atom is -0.457 e. The van der Waals surface area contributed by atoms with Gasteiger partial charge in [0, 0.05) is 17.6 Å². The van der Waals surface area contributed by atoms with Gasteiger partial charge in [0.2, 0.25) is 11.8 Å². The Kier molecular flexibility index (Phi) is 11.2. The first-order chi connectivity index (χ1) is 21.0. The van der Waals surface area contributed by atoms with Gasteiger partial charge in [-0.15, -0.1) is 0 Å². The molecule has 0 saturated carbocycles. The Hall–Kier alpha value is -4.15. The second-order valence-electron chi connectivity index (χ2n) is 10.7. The fourth-order valence-corrected chi connectivity index (χ4v) is 6.07. The van der Waals surface area contributed by atoms with E-state index in [0.717, 1.165) is 14.3 Å². The lowest BCUT2D eigenvalue weighted by molar-refractivity contribution is -0.139. The van der Waals surface area contributed by atoms with Gasteiger partial charge in [-0.25, -0.2) is 8.42 Å². The van der Waals surface area contributed by atoms with Crippen LogP contribution in [0.5, 0.6) is 11.5 Å². The molecule has 4 aromatic rings.